The predicted octanol–water partition coefficient (Wildman–Crippen LogP) is 4.77. The van der Waals surface area contributed by atoms with Crippen LogP contribution in [-0.4, -0.2) is 20.6 Å². The molecule has 0 bridgehead atoms. The molecule has 0 unspecified atom stereocenters. The summed E-state index contributed by atoms with van der Waals surface area (Å²) in [6.45, 7) is 1.81. The summed E-state index contributed by atoms with van der Waals surface area (Å²) in [6, 6.07) is 8.78. The molecule has 1 aromatic heterocycles. The van der Waals surface area contributed by atoms with Crippen LogP contribution < -0.4 is 10.9 Å². The Kier molecular flexibility index (Phi) is 6.16. The molecule has 0 saturated carbocycles. The summed E-state index contributed by atoms with van der Waals surface area (Å²) in [6.07, 6.45) is -2.99. The van der Waals surface area contributed by atoms with Crippen molar-refractivity contribution >= 4 is 28.9 Å². The van der Waals surface area contributed by atoms with Crippen LogP contribution in [0.2, 0.25) is 5.02 Å². The average molecular weight is 454 g/mol. The van der Waals surface area contributed by atoms with Crippen molar-refractivity contribution in [1.82, 2.24) is 15.2 Å². The molecule has 0 aliphatic heterocycles. The molecule has 0 saturated heterocycles. The van der Waals surface area contributed by atoms with Crippen molar-refractivity contribution in [3.63, 3.8) is 0 Å². The number of rotatable bonds is 6. The Morgan fingerprint density at radius 3 is 2.61 bits per heavy atom. The molecule has 12 heteroatoms. The number of nitrogens with zero attached hydrogens (tertiary/aromatic N) is 3. The minimum Gasteiger partial charge on any atom is -0.292 e. The molecule has 0 aliphatic rings. The van der Waals surface area contributed by atoms with Crippen molar-refractivity contribution in [1.29, 1.82) is 0 Å². The monoisotopic (exact) mass is 453 g/mol. The van der Waals surface area contributed by atoms with Gasteiger partial charge in [-0.05, 0) is 36.8 Å². The summed E-state index contributed by atoms with van der Waals surface area (Å²) in [5, 5.41) is 15.8. The molecule has 8 nitrogen and oxygen atoms in total. The molecular weight excluding hydrogens is 439 g/mol. The van der Waals surface area contributed by atoms with Gasteiger partial charge in [0.25, 0.3) is 11.6 Å². The van der Waals surface area contributed by atoms with Crippen molar-refractivity contribution in [2.24, 2.45) is 0 Å². The highest BCUT2D eigenvalue weighted by Crippen LogP contribution is 2.34. The van der Waals surface area contributed by atoms with E-state index in [9.17, 15) is 28.1 Å². The smallest absolute Gasteiger partial charge is 0.292 e. The standard InChI is InChI=1S/C19H15ClF3N5O3/c1-2-16-14(10-24-27(16)13-5-3-4-12(20)9-13)18(29)26-25-15-7-6-11(19(21,22)23)8-17(15)28(30)31/h3-10,25H,2H2,1H3,(H,26,29). The van der Waals surface area contributed by atoms with Gasteiger partial charge in [0.1, 0.15) is 5.69 Å². The van der Waals surface area contributed by atoms with Crippen LogP contribution in [-0.2, 0) is 12.6 Å². The van der Waals surface area contributed by atoms with E-state index in [2.05, 4.69) is 16.0 Å². The minimum absolute atomic E-state index is 0.185. The van der Waals surface area contributed by atoms with Gasteiger partial charge < -0.3 is 0 Å². The van der Waals surface area contributed by atoms with Gasteiger partial charge in [-0.3, -0.25) is 25.8 Å². The normalized spacial score (nSPS) is 11.3. The highest BCUT2D eigenvalue weighted by atomic mass is 35.5. The van der Waals surface area contributed by atoms with Gasteiger partial charge in [0.05, 0.1) is 33.6 Å². The first kappa shape index (κ1) is 22.1. The third kappa shape index (κ3) is 4.77. The van der Waals surface area contributed by atoms with E-state index < -0.39 is 28.3 Å². The predicted molar refractivity (Wildman–Crippen MR) is 107 cm³/mol. The van der Waals surface area contributed by atoms with Crippen LogP contribution in [0.25, 0.3) is 5.69 Å². The second-order valence-electron chi connectivity index (χ2n) is 6.32. The summed E-state index contributed by atoms with van der Waals surface area (Å²) in [7, 11) is 0. The zero-order chi connectivity index (χ0) is 22.8. The van der Waals surface area contributed by atoms with Gasteiger partial charge in [0.15, 0.2) is 0 Å². The molecular formula is C19H15ClF3N5O3. The number of hydrogen-bond donors (Lipinski definition) is 2. The lowest BCUT2D eigenvalue weighted by Gasteiger charge is -2.12. The Balaban J connectivity index is 1.84. The number of benzene rings is 2. The van der Waals surface area contributed by atoms with Crippen LogP contribution in [0.3, 0.4) is 0 Å². The maximum absolute atomic E-state index is 12.8. The van der Waals surface area contributed by atoms with Gasteiger partial charge in [0.2, 0.25) is 0 Å². The molecule has 2 aromatic carbocycles. The maximum Gasteiger partial charge on any atom is 0.416 e. The van der Waals surface area contributed by atoms with Crippen LogP contribution in [0.1, 0.15) is 28.5 Å². The molecule has 0 atom stereocenters. The number of hydrazine groups is 1. The first-order valence-electron chi connectivity index (χ1n) is 8.86. The third-order valence-corrected chi connectivity index (χ3v) is 4.57. The van der Waals surface area contributed by atoms with Crippen LogP contribution in [0, 0.1) is 10.1 Å². The summed E-state index contributed by atoms with van der Waals surface area (Å²) in [5.41, 5.74) is 3.64. The van der Waals surface area contributed by atoms with Gasteiger partial charge >= 0.3 is 6.18 Å². The lowest BCUT2D eigenvalue weighted by atomic mass is 10.1. The summed E-state index contributed by atoms with van der Waals surface area (Å²) in [4.78, 5) is 22.8. The van der Waals surface area contributed by atoms with E-state index in [0.717, 1.165) is 6.07 Å². The van der Waals surface area contributed by atoms with E-state index in [-0.39, 0.29) is 11.3 Å². The first-order valence-corrected chi connectivity index (χ1v) is 9.24. The molecule has 0 fully saturated rings. The third-order valence-electron chi connectivity index (χ3n) is 4.33. The number of carbonyl (C=O) groups is 1. The number of aromatic nitrogens is 2. The summed E-state index contributed by atoms with van der Waals surface area (Å²) < 4.78 is 40.0. The van der Waals surface area contributed by atoms with Gasteiger partial charge in [0, 0.05) is 11.1 Å². The van der Waals surface area contributed by atoms with Crippen LogP contribution in [0.15, 0.2) is 48.7 Å². The number of amides is 1. The number of nitro groups is 1. The number of anilines is 1. The molecule has 31 heavy (non-hydrogen) atoms. The molecule has 3 aromatic rings. The molecule has 1 amide bonds. The van der Waals surface area contributed by atoms with Gasteiger partial charge in [-0.1, -0.05) is 24.6 Å². The molecule has 2 N–H and O–H groups in total. The lowest BCUT2D eigenvalue weighted by molar-refractivity contribution is -0.384. The van der Waals surface area contributed by atoms with E-state index >= 15 is 0 Å². The maximum atomic E-state index is 12.8. The largest absolute Gasteiger partial charge is 0.416 e. The zero-order valence-electron chi connectivity index (χ0n) is 15.9. The van der Waals surface area contributed by atoms with Crippen LogP contribution in [0.4, 0.5) is 24.5 Å². The number of carbonyl (C=O) groups excluding carboxylic acids is 1. The molecule has 3 rings (SSSR count). The van der Waals surface area contributed by atoms with E-state index in [1.165, 1.54) is 10.9 Å². The Bertz CT molecular complexity index is 1150. The van der Waals surface area contributed by atoms with Gasteiger partial charge in [-0.2, -0.15) is 18.3 Å². The van der Waals surface area contributed by atoms with E-state index in [1.807, 2.05) is 6.92 Å². The highest BCUT2D eigenvalue weighted by molar-refractivity contribution is 6.30. The average Bonchev–Trinajstić information content (AvgIpc) is 3.15. The Morgan fingerprint density at radius 2 is 2.00 bits per heavy atom. The fraction of sp³-hybridized carbons (Fsp3) is 0.158. The first-order chi connectivity index (χ1) is 14.6. The number of nitrogens with one attached hydrogen (secondary N) is 2. The molecule has 0 spiro atoms. The Morgan fingerprint density at radius 1 is 1.26 bits per heavy atom. The van der Waals surface area contributed by atoms with Crippen molar-refractivity contribution in [2.75, 3.05) is 5.43 Å². The molecule has 1 heterocycles. The Labute approximate surface area is 178 Å². The molecule has 0 radical (unpaired) electrons. The SMILES string of the molecule is CCc1c(C(=O)NNc2ccc(C(F)(F)F)cc2[N+](=O)[O-])cnn1-c1cccc(Cl)c1. The van der Waals surface area contributed by atoms with Crippen molar-refractivity contribution in [2.45, 2.75) is 19.5 Å². The summed E-state index contributed by atoms with van der Waals surface area (Å²) in [5.74, 6) is -0.667. The quantitative estimate of drug-likeness (QED) is 0.413. The number of nitro benzene ring substituents is 1. The van der Waals surface area contributed by atoms with Crippen molar-refractivity contribution in [3.8, 4) is 5.69 Å². The summed E-state index contributed by atoms with van der Waals surface area (Å²) >= 11 is 6.00. The van der Waals surface area contributed by atoms with Crippen LogP contribution >= 0.6 is 11.6 Å². The van der Waals surface area contributed by atoms with Gasteiger partial charge in [-0.15, -0.1) is 0 Å². The number of halogens is 4. The molecule has 0 aliphatic carbocycles. The Hall–Kier alpha value is -3.60. The fourth-order valence-electron chi connectivity index (χ4n) is 2.89. The second kappa shape index (κ2) is 8.64. The lowest BCUT2D eigenvalue weighted by Crippen LogP contribution is -2.30. The van der Waals surface area contributed by atoms with E-state index in [4.69, 9.17) is 11.6 Å². The molecule has 162 valence electrons. The number of hydrogen-bond acceptors (Lipinski definition) is 5. The van der Waals surface area contributed by atoms with Gasteiger partial charge in [-0.25, -0.2) is 4.68 Å². The van der Waals surface area contributed by atoms with Crippen molar-refractivity contribution < 1.29 is 22.9 Å². The highest BCUT2D eigenvalue weighted by Gasteiger charge is 2.33. The number of alkyl halides is 3. The van der Waals surface area contributed by atoms with E-state index in [1.54, 1.807) is 24.3 Å². The zero-order valence-corrected chi connectivity index (χ0v) is 16.7. The van der Waals surface area contributed by atoms with E-state index in [0.29, 0.717) is 35.0 Å². The second-order valence-corrected chi connectivity index (χ2v) is 6.75. The fourth-order valence-corrected chi connectivity index (χ4v) is 3.07. The minimum atomic E-state index is -4.74. The van der Waals surface area contributed by atoms with Crippen molar-refractivity contribution in [3.05, 3.63) is 80.6 Å². The van der Waals surface area contributed by atoms with Crippen LogP contribution in [0.5, 0.6) is 0 Å². The topological polar surface area (TPSA) is 102 Å².